The number of thioether (sulfide) groups is 1. The average molecular weight is 379 g/mol. The summed E-state index contributed by atoms with van der Waals surface area (Å²) in [5.74, 6) is -1.92. The molecule has 0 aliphatic carbocycles. The second kappa shape index (κ2) is 6.84. The van der Waals surface area contributed by atoms with Crippen LogP contribution in [0.2, 0.25) is 0 Å². The van der Waals surface area contributed by atoms with Gasteiger partial charge in [-0.2, -0.15) is 0 Å². The van der Waals surface area contributed by atoms with Crippen LogP contribution >= 0.6 is 35.3 Å². The molecular formula is C16H10FNO3S3. The van der Waals surface area contributed by atoms with Gasteiger partial charge in [0.1, 0.15) is 16.7 Å². The second-order valence-corrected chi connectivity index (χ2v) is 7.50. The number of amides is 1. The molecule has 0 atom stereocenters. The van der Waals surface area contributed by atoms with Gasteiger partial charge in [-0.3, -0.25) is 14.5 Å². The first-order valence-electron chi connectivity index (χ1n) is 6.76. The zero-order valence-electron chi connectivity index (χ0n) is 12.1. The molecule has 3 rings (SSSR count). The van der Waals surface area contributed by atoms with Gasteiger partial charge in [0.25, 0.3) is 5.91 Å². The molecule has 1 N–H and O–H groups in total. The fraction of sp³-hybridized carbons (Fsp3) is 0.0625. The third-order valence-corrected chi connectivity index (χ3v) is 5.52. The quantitative estimate of drug-likeness (QED) is 0.646. The van der Waals surface area contributed by atoms with Gasteiger partial charge in [-0.15, -0.1) is 11.3 Å². The van der Waals surface area contributed by atoms with E-state index in [2.05, 4.69) is 0 Å². The molecule has 122 valence electrons. The van der Waals surface area contributed by atoms with Gasteiger partial charge in [-0.05, 0) is 35.2 Å². The number of carboxylic acid groups (broad SMARTS) is 1. The van der Waals surface area contributed by atoms with Gasteiger partial charge >= 0.3 is 5.97 Å². The zero-order valence-corrected chi connectivity index (χ0v) is 14.5. The Labute approximate surface area is 150 Å². The van der Waals surface area contributed by atoms with Crippen LogP contribution in [-0.2, 0) is 9.59 Å². The third-order valence-electron chi connectivity index (χ3n) is 3.24. The highest BCUT2D eigenvalue weighted by Gasteiger charge is 2.33. The predicted molar refractivity (Wildman–Crippen MR) is 97.2 cm³/mol. The topological polar surface area (TPSA) is 57.6 Å². The van der Waals surface area contributed by atoms with Crippen molar-refractivity contribution >= 4 is 57.6 Å². The molecule has 1 fully saturated rings. The number of carboxylic acids is 1. The van der Waals surface area contributed by atoms with Crippen LogP contribution in [0.15, 0.2) is 40.6 Å². The van der Waals surface area contributed by atoms with Crippen LogP contribution in [0, 0.1) is 5.82 Å². The third kappa shape index (κ3) is 3.40. The normalized spacial score (nSPS) is 16.2. The lowest BCUT2D eigenvalue weighted by molar-refractivity contribution is -0.140. The number of nitrogens with zero attached hydrogens (tertiary/aromatic N) is 1. The number of benzene rings is 1. The number of carbonyl (C=O) groups excluding carboxylic acids is 1. The Balaban J connectivity index is 1.92. The van der Waals surface area contributed by atoms with Crippen molar-refractivity contribution in [3.05, 3.63) is 52.0 Å². The molecule has 0 bridgehead atoms. The van der Waals surface area contributed by atoms with Crippen LogP contribution in [0.4, 0.5) is 4.39 Å². The minimum atomic E-state index is -1.13. The summed E-state index contributed by atoms with van der Waals surface area (Å²) in [5, 5.41) is 10.7. The van der Waals surface area contributed by atoms with Crippen LogP contribution in [0.5, 0.6) is 0 Å². The van der Waals surface area contributed by atoms with E-state index in [0.717, 1.165) is 21.5 Å². The van der Waals surface area contributed by atoms with Crippen molar-refractivity contribution in [3.8, 4) is 10.4 Å². The fourth-order valence-corrected chi connectivity index (χ4v) is 4.18. The van der Waals surface area contributed by atoms with E-state index in [1.54, 1.807) is 18.2 Å². The van der Waals surface area contributed by atoms with E-state index in [4.69, 9.17) is 17.3 Å². The first-order chi connectivity index (χ1) is 11.5. The van der Waals surface area contributed by atoms with Crippen molar-refractivity contribution in [1.82, 2.24) is 4.90 Å². The molecule has 1 aliphatic heterocycles. The van der Waals surface area contributed by atoms with E-state index in [1.807, 2.05) is 17.5 Å². The lowest BCUT2D eigenvalue weighted by Gasteiger charge is -2.10. The Morgan fingerprint density at radius 1 is 1.38 bits per heavy atom. The number of hydrogen-bond acceptors (Lipinski definition) is 5. The Hall–Kier alpha value is -2.03. The maximum Gasteiger partial charge on any atom is 0.323 e. The standard InChI is InChI=1S/C16H10FNO3S3/c17-11-4-3-9(6-10(11)12-2-1-5-23-12)7-13-15(21)18(8-14(19)20)16(22)24-13/h1-7H,8H2,(H,19,20)/b13-7-. The van der Waals surface area contributed by atoms with Crippen molar-refractivity contribution in [2.24, 2.45) is 0 Å². The second-order valence-electron chi connectivity index (χ2n) is 4.88. The number of rotatable bonds is 4. The fourth-order valence-electron chi connectivity index (χ4n) is 2.18. The summed E-state index contributed by atoms with van der Waals surface area (Å²) < 4.78 is 14.2. The SMILES string of the molecule is O=C(O)CN1C(=O)/C(=C/c2ccc(F)c(-c3cccs3)c2)SC1=S. The minimum Gasteiger partial charge on any atom is -0.480 e. The van der Waals surface area contributed by atoms with Crippen LogP contribution in [0.3, 0.4) is 0 Å². The Kier molecular flexibility index (Phi) is 4.79. The molecule has 2 aromatic rings. The number of carbonyl (C=O) groups is 2. The van der Waals surface area contributed by atoms with Crippen molar-refractivity contribution in [3.63, 3.8) is 0 Å². The molecule has 1 aliphatic rings. The molecule has 2 heterocycles. The highest BCUT2D eigenvalue weighted by Crippen LogP contribution is 2.34. The molecule has 0 unspecified atom stereocenters. The van der Waals surface area contributed by atoms with Gasteiger partial charge < -0.3 is 5.11 Å². The Morgan fingerprint density at radius 3 is 2.83 bits per heavy atom. The summed E-state index contributed by atoms with van der Waals surface area (Å²) in [6, 6.07) is 8.22. The van der Waals surface area contributed by atoms with E-state index >= 15 is 0 Å². The molecule has 1 aromatic carbocycles. The summed E-state index contributed by atoms with van der Waals surface area (Å²) in [4.78, 5) is 25.2. The van der Waals surface area contributed by atoms with Crippen molar-refractivity contribution in [1.29, 1.82) is 0 Å². The van der Waals surface area contributed by atoms with E-state index in [1.165, 1.54) is 17.4 Å². The van der Waals surface area contributed by atoms with E-state index in [-0.39, 0.29) is 10.1 Å². The minimum absolute atomic E-state index is 0.203. The molecule has 4 nitrogen and oxygen atoms in total. The molecule has 1 amide bonds. The van der Waals surface area contributed by atoms with Crippen molar-refractivity contribution < 1.29 is 19.1 Å². The van der Waals surface area contributed by atoms with Gasteiger partial charge in [0.05, 0.1) is 4.91 Å². The van der Waals surface area contributed by atoms with Gasteiger partial charge in [-0.1, -0.05) is 36.1 Å². The summed E-state index contributed by atoms with van der Waals surface area (Å²) in [6.07, 6.45) is 1.59. The lowest BCUT2D eigenvalue weighted by atomic mass is 10.1. The summed E-state index contributed by atoms with van der Waals surface area (Å²) in [6.45, 7) is -0.466. The monoisotopic (exact) mass is 379 g/mol. The van der Waals surface area contributed by atoms with E-state index < -0.39 is 18.4 Å². The summed E-state index contributed by atoms with van der Waals surface area (Å²) in [5.41, 5.74) is 1.11. The number of thiocarbonyl (C=S) groups is 1. The molecule has 8 heteroatoms. The molecule has 24 heavy (non-hydrogen) atoms. The van der Waals surface area contributed by atoms with Crippen molar-refractivity contribution in [2.75, 3.05) is 6.54 Å². The number of aliphatic carboxylic acids is 1. The molecule has 1 aromatic heterocycles. The maximum atomic E-state index is 14.0. The Bertz CT molecular complexity index is 861. The van der Waals surface area contributed by atoms with Crippen molar-refractivity contribution in [2.45, 2.75) is 0 Å². The van der Waals surface area contributed by atoms with Crippen LogP contribution in [0.1, 0.15) is 5.56 Å². The molecular weight excluding hydrogens is 369 g/mol. The number of hydrogen-bond donors (Lipinski definition) is 1. The zero-order chi connectivity index (χ0) is 17.3. The van der Waals surface area contributed by atoms with Gasteiger partial charge in [0.15, 0.2) is 0 Å². The maximum absolute atomic E-state index is 14.0. The number of halogens is 1. The highest BCUT2D eigenvalue weighted by atomic mass is 32.2. The highest BCUT2D eigenvalue weighted by molar-refractivity contribution is 8.26. The first-order valence-corrected chi connectivity index (χ1v) is 8.87. The first kappa shape index (κ1) is 16.8. The number of thiophene rings is 1. The van der Waals surface area contributed by atoms with E-state index in [0.29, 0.717) is 16.0 Å². The molecule has 0 spiro atoms. The molecule has 0 saturated carbocycles. The van der Waals surface area contributed by atoms with E-state index in [9.17, 15) is 14.0 Å². The average Bonchev–Trinajstić information content (AvgIpc) is 3.14. The smallest absolute Gasteiger partial charge is 0.323 e. The lowest BCUT2D eigenvalue weighted by Crippen LogP contribution is -2.33. The van der Waals surface area contributed by atoms with Gasteiger partial charge in [0, 0.05) is 10.4 Å². The molecule has 1 saturated heterocycles. The Morgan fingerprint density at radius 2 is 2.17 bits per heavy atom. The van der Waals surface area contributed by atoms with Crippen LogP contribution < -0.4 is 0 Å². The van der Waals surface area contributed by atoms with Crippen LogP contribution in [-0.4, -0.2) is 32.7 Å². The summed E-state index contributed by atoms with van der Waals surface area (Å²) >= 11 is 7.51. The van der Waals surface area contributed by atoms with Crippen LogP contribution in [0.25, 0.3) is 16.5 Å². The summed E-state index contributed by atoms with van der Waals surface area (Å²) in [7, 11) is 0. The van der Waals surface area contributed by atoms with Gasteiger partial charge in [-0.25, -0.2) is 4.39 Å². The largest absolute Gasteiger partial charge is 0.480 e. The molecule has 0 radical (unpaired) electrons. The predicted octanol–water partition coefficient (Wildman–Crippen LogP) is 3.84. The van der Waals surface area contributed by atoms with Gasteiger partial charge in [0.2, 0.25) is 0 Å².